The van der Waals surface area contributed by atoms with Gasteiger partial charge in [-0.25, -0.2) is 4.98 Å². The fourth-order valence-electron chi connectivity index (χ4n) is 3.38. The lowest BCUT2D eigenvalue weighted by atomic mass is 10.1. The van der Waals surface area contributed by atoms with Crippen LogP contribution < -0.4 is 5.32 Å². The van der Waals surface area contributed by atoms with Gasteiger partial charge in [-0.15, -0.1) is 0 Å². The van der Waals surface area contributed by atoms with E-state index in [9.17, 15) is 4.79 Å². The molecule has 0 spiro atoms. The summed E-state index contributed by atoms with van der Waals surface area (Å²) in [5.74, 6) is 0.174. The average molecular weight is 390 g/mol. The molecule has 0 aliphatic rings. The highest BCUT2D eigenvalue weighted by Gasteiger charge is 2.01. The van der Waals surface area contributed by atoms with Gasteiger partial charge in [0, 0.05) is 31.3 Å². The van der Waals surface area contributed by atoms with E-state index in [0.29, 0.717) is 13.0 Å². The fourth-order valence-corrected chi connectivity index (χ4v) is 3.38. The number of nitrogens with zero attached hydrogens (tertiary/aromatic N) is 1. The molecule has 2 N–H and O–H groups in total. The zero-order valence-electron chi connectivity index (χ0n) is 18.2. The van der Waals surface area contributed by atoms with Gasteiger partial charge >= 0.3 is 0 Å². The number of nitrogens with one attached hydrogen (secondary N) is 2. The van der Waals surface area contributed by atoms with Crippen LogP contribution in [-0.2, 0) is 11.2 Å². The van der Waals surface area contributed by atoms with Gasteiger partial charge in [-0.2, -0.15) is 0 Å². The number of carbonyl (C=O) groups is 1. The van der Waals surface area contributed by atoms with E-state index in [1.165, 1.54) is 77.0 Å². The second-order valence-electron chi connectivity index (χ2n) is 7.86. The smallest absolute Gasteiger partial charge is 0.220 e. The standard InChI is InChI=1S/C24H43N3O/c1-2-3-4-5-6-7-8-9-10-11-12-13-14-15-16-17-18-24(28)26-20-19-23-21-25-22-27-23/h10-11,21-22H,2-9,12-20H2,1H3,(H,25,27)(H,26,28)/b11-10-. The molecule has 4 heteroatoms. The van der Waals surface area contributed by atoms with Crippen LogP contribution in [0.4, 0.5) is 0 Å². The number of aromatic nitrogens is 2. The summed E-state index contributed by atoms with van der Waals surface area (Å²) in [4.78, 5) is 18.8. The minimum atomic E-state index is 0.174. The number of rotatable bonds is 19. The number of imidazole rings is 1. The Bertz CT molecular complexity index is 482. The van der Waals surface area contributed by atoms with Gasteiger partial charge in [-0.05, 0) is 32.1 Å². The molecule has 28 heavy (non-hydrogen) atoms. The van der Waals surface area contributed by atoms with Crippen LogP contribution in [0.25, 0.3) is 0 Å². The van der Waals surface area contributed by atoms with Gasteiger partial charge in [0.25, 0.3) is 0 Å². The van der Waals surface area contributed by atoms with Crippen molar-refractivity contribution in [2.45, 2.75) is 110 Å². The van der Waals surface area contributed by atoms with Gasteiger partial charge in [0.2, 0.25) is 5.91 Å². The van der Waals surface area contributed by atoms with Crippen molar-refractivity contribution in [3.8, 4) is 0 Å². The molecule has 0 aromatic carbocycles. The van der Waals surface area contributed by atoms with E-state index >= 15 is 0 Å². The molecule has 0 atom stereocenters. The molecule has 0 saturated heterocycles. The van der Waals surface area contributed by atoms with Crippen LogP contribution in [0.1, 0.15) is 109 Å². The number of allylic oxidation sites excluding steroid dienone is 2. The Labute approximate surface area is 173 Å². The predicted octanol–water partition coefficient (Wildman–Crippen LogP) is 6.50. The molecule has 1 rings (SSSR count). The minimum Gasteiger partial charge on any atom is -0.356 e. The highest BCUT2D eigenvalue weighted by Crippen LogP contribution is 2.10. The predicted molar refractivity (Wildman–Crippen MR) is 119 cm³/mol. The first-order valence-corrected chi connectivity index (χ1v) is 11.7. The van der Waals surface area contributed by atoms with Crippen molar-refractivity contribution in [1.82, 2.24) is 15.3 Å². The molecule has 0 fully saturated rings. The third-order valence-electron chi connectivity index (χ3n) is 5.19. The zero-order chi connectivity index (χ0) is 20.1. The molecule has 1 aromatic heterocycles. The molecule has 1 amide bonds. The topological polar surface area (TPSA) is 57.8 Å². The van der Waals surface area contributed by atoms with Crippen LogP contribution in [0, 0.1) is 0 Å². The van der Waals surface area contributed by atoms with Crippen LogP contribution in [0.15, 0.2) is 24.7 Å². The van der Waals surface area contributed by atoms with E-state index in [1.54, 1.807) is 12.5 Å². The summed E-state index contributed by atoms with van der Waals surface area (Å²) in [5, 5.41) is 2.98. The van der Waals surface area contributed by atoms with Gasteiger partial charge < -0.3 is 10.3 Å². The van der Waals surface area contributed by atoms with Gasteiger partial charge in [-0.3, -0.25) is 4.79 Å². The SMILES string of the molecule is CCCCCCCCC/C=C\CCCCCCCC(=O)NCCc1cnc[nH]1. The van der Waals surface area contributed by atoms with Gasteiger partial charge in [-0.1, -0.05) is 76.9 Å². The monoisotopic (exact) mass is 389 g/mol. The summed E-state index contributed by atoms with van der Waals surface area (Å²) >= 11 is 0. The maximum Gasteiger partial charge on any atom is 0.220 e. The largest absolute Gasteiger partial charge is 0.356 e. The molecule has 0 bridgehead atoms. The Kier molecular flexibility index (Phi) is 16.4. The van der Waals surface area contributed by atoms with E-state index in [4.69, 9.17) is 0 Å². The van der Waals surface area contributed by atoms with Gasteiger partial charge in [0.05, 0.1) is 6.33 Å². The lowest BCUT2D eigenvalue weighted by Gasteiger charge is -2.04. The summed E-state index contributed by atoms with van der Waals surface area (Å²) in [6.07, 6.45) is 27.9. The lowest BCUT2D eigenvalue weighted by molar-refractivity contribution is -0.121. The van der Waals surface area contributed by atoms with Crippen LogP contribution in [0.5, 0.6) is 0 Å². The summed E-state index contributed by atoms with van der Waals surface area (Å²) in [5.41, 5.74) is 1.07. The number of H-pyrrole nitrogens is 1. The molecule has 1 aromatic rings. The van der Waals surface area contributed by atoms with E-state index in [2.05, 4.69) is 34.4 Å². The van der Waals surface area contributed by atoms with E-state index in [1.807, 2.05) is 0 Å². The highest BCUT2D eigenvalue weighted by atomic mass is 16.1. The Hall–Kier alpha value is -1.58. The number of carbonyl (C=O) groups excluding carboxylic acids is 1. The summed E-state index contributed by atoms with van der Waals surface area (Å²) in [7, 11) is 0. The number of aromatic amines is 1. The van der Waals surface area contributed by atoms with Gasteiger partial charge in [0.15, 0.2) is 0 Å². The van der Waals surface area contributed by atoms with Crippen molar-refractivity contribution in [3.63, 3.8) is 0 Å². The van der Waals surface area contributed by atoms with Crippen molar-refractivity contribution >= 4 is 5.91 Å². The second kappa shape index (κ2) is 18.8. The third-order valence-corrected chi connectivity index (χ3v) is 5.19. The molecule has 1 heterocycles. The van der Waals surface area contributed by atoms with Crippen molar-refractivity contribution < 1.29 is 4.79 Å². The summed E-state index contributed by atoms with van der Waals surface area (Å²) in [6.45, 7) is 2.96. The Morgan fingerprint density at radius 2 is 1.54 bits per heavy atom. The van der Waals surface area contributed by atoms with E-state index in [0.717, 1.165) is 25.0 Å². The van der Waals surface area contributed by atoms with Crippen molar-refractivity contribution in [3.05, 3.63) is 30.4 Å². The maximum atomic E-state index is 11.8. The Morgan fingerprint density at radius 1 is 0.929 bits per heavy atom. The van der Waals surface area contributed by atoms with Crippen LogP contribution in [0.3, 0.4) is 0 Å². The van der Waals surface area contributed by atoms with Crippen molar-refractivity contribution in [1.29, 1.82) is 0 Å². The van der Waals surface area contributed by atoms with Crippen molar-refractivity contribution in [2.24, 2.45) is 0 Å². The molecular weight excluding hydrogens is 346 g/mol. The molecule has 0 aliphatic heterocycles. The second-order valence-corrected chi connectivity index (χ2v) is 7.86. The first-order valence-electron chi connectivity index (χ1n) is 11.7. The van der Waals surface area contributed by atoms with Crippen molar-refractivity contribution in [2.75, 3.05) is 6.54 Å². The van der Waals surface area contributed by atoms with Crippen LogP contribution in [-0.4, -0.2) is 22.4 Å². The minimum absolute atomic E-state index is 0.174. The molecule has 0 unspecified atom stereocenters. The van der Waals surface area contributed by atoms with Gasteiger partial charge in [0.1, 0.15) is 0 Å². The molecule has 160 valence electrons. The number of amides is 1. The van der Waals surface area contributed by atoms with E-state index in [-0.39, 0.29) is 5.91 Å². The maximum absolute atomic E-state index is 11.8. The fraction of sp³-hybridized carbons (Fsp3) is 0.750. The first kappa shape index (κ1) is 24.5. The molecule has 0 radical (unpaired) electrons. The van der Waals surface area contributed by atoms with E-state index < -0.39 is 0 Å². The highest BCUT2D eigenvalue weighted by molar-refractivity contribution is 5.75. The third kappa shape index (κ3) is 15.5. The molecule has 4 nitrogen and oxygen atoms in total. The average Bonchev–Trinajstić information content (AvgIpc) is 3.21. The van der Waals surface area contributed by atoms with Crippen LogP contribution >= 0.6 is 0 Å². The number of unbranched alkanes of at least 4 members (excludes halogenated alkanes) is 12. The molecular formula is C24H43N3O. The number of hydrogen-bond acceptors (Lipinski definition) is 2. The molecule has 0 aliphatic carbocycles. The summed E-state index contributed by atoms with van der Waals surface area (Å²) in [6, 6.07) is 0. The lowest BCUT2D eigenvalue weighted by Crippen LogP contribution is -2.25. The molecule has 0 saturated carbocycles. The summed E-state index contributed by atoms with van der Waals surface area (Å²) < 4.78 is 0. The normalized spacial score (nSPS) is 11.3. The zero-order valence-corrected chi connectivity index (χ0v) is 18.2. The first-order chi connectivity index (χ1) is 13.8. The quantitative estimate of drug-likeness (QED) is 0.210. The Morgan fingerprint density at radius 3 is 2.14 bits per heavy atom. The Balaban J connectivity index is 1.77. The number of hydrogen-bond donors (Lipinski definition) is 2. The van der Waals surface area contributed by atoms with Crippen LogP contribution in [0.2, 0.25) is 0 Å².